The van der Waals surface area contributed by atoms with Gasteiger partial charge in [-0.15, -0.1) is 0 Å². The molecule has 1 heterocycles. The minimum atomic E-state index is -3.84. The number of anilines is 1. The SMILES string of the molecule is CNC(=O)N(c1cccc(Cc2c(C)c3cc(Cl)ccc3oc2=O)c1)S(C)(=O)=O. The number of fused-ring (bicyclic) bond motifs is 1. The third kappa shape index (κ3) is 4.28. The molecule has 0 bridgehead atoms. The summed E-state index contributed by atoms with van der Waals surface area (Å²) in [4.78, 5) is 24.6. The van der Waals surface area contributed by atoms with E-state index < -0.39 is 21.7 Å². The third-order valence-electron chi connectivity index (χ3n) is 4.50. The fraction of sp³-hybridized carbons (Fsp3) is 0.200. The predicted molar refractivity (Wildman–Crippen MR) is 113 cm³/mol. The van der Waals surface area contributed by atoms with Crippen LogP contribution in [0.15, 0.2) is 51.7 Å². The lowest BCUT2D eigenvalue weighted by atomic mass is 9.99. The molecule has 0 aliphatic heterocycles. The van der Waals surface area contributed by atoms with Crippen molar-refractivity contribution < 1.29 is 17.6 Å². The lowest BCUT2D eigenvalue weighted by Gasteiger charge is -2.20. The molecule has 0 fully saturated rings. The molecule has 3 rings (SSSR count). The van der Waals surface area contributed by atoms with E-state index in [-0.39, 0.29) is 12.1 Å². The highest BCUT2D eigenvalue weighted by Gasteiger charge is 2.24. The Morgan fingerprint density at radius 1 is 1.21 bits per heavy atom. The van der Waals surface area contributed by atoms with Crippen molar-refractivity contribution in [3.05, 3.63) is 74.6 Å². The summed E-state index contributed by atoms with van der Waals surface area (Å²) in [6, 6.07) is 10.7. The summed E-state index contributed by atoms with van der Waals surface area (Å²) in [6.45, 7) is 1.81. The molecule has 152 valence electrons. The summed E-state index contributed by atoms with van der Waals surface area (Å²) in [7, 11) is -2.50. The van der Waals surface area contributed by atoms with Gasteiger partial charge in [0.15, 0.2) is 0 Å². The molecule has 0 atom stereocenters. The molecule has 0 saturated carbocycles. The highest BCUT2D eigenvalue weighted by Crippen LogP contribution is 2.26. The van der Waals surface area contributed by atoms with Crippen LogP contribution in [0.1, 0.15) is 16.7 Å². The van der Waals surface area contributed by atoms with Crippen LogP contribution in [0.2, 0.25) is 5.02 Å². The first kappa shape index (κ1) is 20.9. The highest BCUT2D eigenvalue weighted by atomic mass is 35.5. The Labute approximate surface area is 172 Å². The van der Waals surface area contributed by atoms with Crippen molar-refractivity contribution in [1.82, 2.24) is 5.32 Å². The van der Waals surface area contributed by atoms with Crippen molar-refractivity contribution in [3.8, 4) is 0 Å². The normalized spacial score (nSPS) is 11.4. The zero-order chi connectivity index (χ0) is 21.3. The number of nitrogens with one attached hydrogen (secondary N) is 1. The number of sulfonamides is 1. The topological polar surface area (TPSA) is 96.7 Å². The number of nitrogens with zero attached hydrogens (tertiary/aromatic N) is 1. The summed E-state index contributed by atoms with van der Waals surface area (Å²) in [6.07, 6.45) is 1.15. The Kier molecular flexibility index (Phi) is 5.68. The largest absolute Gasteiger partial charge is 0.423 e. The van der Waals surface area contributed by atoms with Crippen LogP contribution in [0.3, 0.4) is 0 Å². The summed E-state index contributed by atoms with van der Waals surface area (Å²) in [5.41, 5.74) is 1.96. The van der Waals surface area contributed by atoms with E-state index in [1.54, 1.807) is 36.4 Å². The molecule has 1 aromatic heterocycles. The number of hydrogen-bond donors (Lipinski definition) is 1. The molecule has 29 heavy (non-hydrogen) atoms. The molecule has 0 unspecified atom stereocenters. The first-order valence-electron chi connectivity index (χ1n) is 8.64. The smallest absolute Gasteiger partial charge is 0.340 e. The zero-order valence-electron chi connectivity index (χ0n) is 16.0. The highest BCUT2D eigenvalue weighted by molar-refractivity contribution is 7.92. The molecule has 3 aromatic rings. The van der Waals surface area contributed by atoms with Gasteiger partial charge in [0.1, 0.15) is 5.58 Å². The molecule has 0 radical (unpaired) electrons. The number of rotatable bonds is 4. The van der Waals surface area contributed by atoms with Crippen LogP contribution in [-0.4, -0.2) is 27.8 Å². The second-order valence-corrected chi connectivity index (χ2v) is 8.83. The Balaban J connectivity index is 2.07. The monoisotopic (exact) mass is 434 g/mol. The number of amides is 2. The second-order valence-electron chi connectivity index (χ2n) is 6.56. The van der Waals surface area contributed by atoms with Crippen molar-refractivity contribution in [2.24, 2.45) is 0 Å². The van der Waals surface area contributed by atoms with E-state index in [0.29, 0.717) is 26.0 Å². The van der Waals surface area contributed by atoms with Crippen LogP contribution in [0.5, 0.6) is 0 Å². The van der Waals surface area contributed by atoms with Crippen molar-refractivity contribution in [3.63, 3.8) is 0 Å². The van der Waals surface area contributed by atoms with Gasteiger partial charge in [-0.3, -0.25) is 0 Å². The minimum absolute atomic E-state index is 0.176. The van der Waals surface area contributed by atoms with Gasteiger partial charge in [0.2, 0.25) is 10.0 Å². The maximum atomic E-state index is 12.5. The van der Waals surface area contributed by atoms with E-state index in [0.717, 1.165) is 17.2 Å². The maximum absolute atomic E-state index is 12.5. The lowest BCUT2D eigenvalue weighted by molar-refractivity contribution is 0.251. The van der Waals surface area contributed by atoms with Gasteiger partial charge in [0.25, 0.3) is 0 Å². The number of benzene rings is 2. The molecular weight excluding hydrogens is 416 g/mol. The van der Waals surface area contributed by atoms with Crippen molar-refractivity contribution >= 4 is 44.3 Å². The van der Waals surface area contributed by atoms with Crippen molar-refractivity contribution in [2.75, 3.05) is 17.6 Å². The minimum Gasteiger partial charge on any atom is -0.423 e. The number of urea groups is 1. The number of carbonyl (C=O) groups is 1. The first-order valence-corrected chi connectivity index (χ1v) is 10.9. The summed E-state index contributed by atoms with van der Waals surface area (Å²) in [5.74, 6) is 0. The molecular formula is C20H19ClN2O5S. The van der Waals surface area contributed by atoms with Gasteiger partial charge in [0.05, 0.1) is 11.9 Å². The fourth-order valence-electron chi connectivity index (χ4n) is 3.12. The van der Waals surface area contributed by atoms with Crippen LogP contribution in [-0.2, 0) is 16.4 Å². The Bertz CT molecular complexity index is 1270. The fourth-order valence-corrected chi connectivity index (χ4v) is 4.19. The number of hydrogen-bond acceptors (Lipinski definition) is 5. The zero-order valence-corrected chi connectivity index (χ0v) is 17.6. The molecule has 0 aliphatic carbocycles. The molecule has 7 nitrogen and oxygen atoms in total. The molecule has 2 aromatic carbocycles. The third-order valence-corrected chi connectivity index (χ3v) is 5.78. The second kappa shape index (κ2) is 7.88. The van der Waals surface area contributed by atoms with Crippen molar-refractivity contribution in [1.29, 1.82) is 0 Å². The lowest BCUT2D eigenvalue weighted by Crippen LogP contribution is -2.42. The van der Waals surface area contributed by atoms with Crippen LogP contribution in [0.4, 0.5) is 10.5 Å². The molecule has 0 spiro atoms. The van der Waals surface area contributed by atoms with E-state index in [4.69, 9.17) is 16.0 Å². The molecule has 2 amide bonds. The Morgan fingerprint density at radius 3 is 2.59 bits per heavy atom. The first-order chi connectivity index (χ1) is 13.6. The van der Waals surface area contributed by atoms with E-state index in [1.165, 1.54) is 13.1 Å². The van der Waals surface area contributed by atoms with Crippen LogP contribution in [0.25, 0.3) is 11.0 Å². The van der Waals surface area contributed by atoms with E-state index in [1.807, 2.05) is 6.92 Å². The van der Waals surface area contributed by atoms with Crippen molar-refractivity contribution in [2.45, 2.75) is 13.3 Å². The summed E-state index contributed by atoms with van der Waals surface area (Å²) >= 11 is 6.06. The summed E-state index contributed by atoms with van der Waals surface area (Å²) in [5, 5.41) is 3.57. The summed E-state index contributed by atoms with van der Waals surface area (Å²) < 4.78 is 30.2. The number of aryl methyl sites for hydroxylation is 1. The standard InChI is InChI=1S/C20H19ClN2O5S/c1-12-16-11-14(21)7-8-18(16)28-19(24)17(12)10-13-5-4-6-15(9-13)23(20(25)22-2)29(3,26)27/h4-9,11H,10H2,1-3H3,(H,22,25). The van der Waals surface area contributed by atoms with Crippen LogP contribution >= 0.6 is 11.6 Å². The van der Waals surface area contributed by atoms with Gasteiger partial charge in [0, 0.05) is 29.4 Å². The van der Waals surface area contributed by atoms with E-state index >= 15 is 0 Å². The number of carbonyl (C=O) groups excluding carboxylic acids is 1. The predicted octanol–water partition coefficient (Wildman–Crippen LogP) is 3.45. The maximum Gasteiger partial charge on any atom is 0.340 e. The molecule has 1 N–H and O–H groups in total. The van der Waals surface area contributed by atoms with Crippen LogP contribution < -0.4 is 15.2 Å². The molecule has 0 saturated heterocycles. The van der Waals surface area contributed by atoms with Gasteiger partial charge in [-0.05, 0) is 48.4 Å². The van der Waals surface area contributed by atoms with Gasteiger partial charge in [-0.2, -0.15) is 4.31 Å². The quantitative estimate of drug-likeness (QED) is 0.634. The average molecular weight is 435 g/mol. The number of halogens is 1. The van der Waals surface area contributed by atoms with Gasteiger partial charge >= 0.3 is 11.7 Å². The van der Waals surface area contributed by atoms with Crippen LogP contribution in [0, 0.1) is 6.92 Å². The average Bonchev–Trinajstić information content (AvgIpc) is 2.65. The van der Waals surface area contributed by atoms with E-state index in [2.05, 4.69) is 5.32 Å². The van der Waals surface area contributed by atoms with Gasteiger partial charge < -0.3 is 9.73 Å². The Morgan fingerprint density at radius 2 is 1.93 bits per heavy atom. The van der Waals surface area contributed by atoms with Gasteiger partial charge in [-0.1, -0.05) is 23.7 Å². The molecule has 9 heteroatoms. The Hall–Kier alpha value is -2.84. The molecule has 0 aliphatic rings. The van der Waals surface area contributed by atoms with E-state index in [9.17, 15) is 18.0 Å². The van der Waals surface area contributed by atoms with Gasteiger partial charge in [-0.25, -0.2) is 18.0 Å².